The van der Waals surface area contributed by atoms with Crippen molar-refractivity contribution in [1.29, 1.82) is 5.26 Å². The fourth-order valence-electron chi connectivity index (χ4n) is 3.17. The number of hydrogen-bond acceptors (Lipinski definition) is 6. The van der Waals surface area contributed by atoms with E-state index >= 15 is 0 Å². The minimum Gasteiger partial charge on any atom is -0.440 e. The SMILES string of the molecule is CN(C)c1ccc2c(c1)OC(N)=C(C#N)C2c1csc(-c2ccc(Cl)cc2)n1. The van der Waals surface area contributed by atoms with Crippen LogP contribution < -0.4 is 15.4 Å². The summed E-state index contributed by atoms with van der Waals surface area (Å²) in [5.41, 5.74) is 10.1. The third-order valence-electron chi connectivity index (χ3n) is 4.63. The summed E-state index contributed by atoms with van der Waals surface area (Å²) < 4.78 is 5.75. The maximum absolute atomic E-state index is 9.70. The molecule has 0 saturated heterocycles. The zero-order valence-corrected chi connectivity index (χ0v) is 16.9. The van der Waals surface area contributed by atoms with Gasteiger partial charge in [0.15, 0.2) is 0 Å². The van der Waals surface area contributed by atoms with E-state index in [0.29, 0.717) is 16.3 Å². The number of ether oxygens (including phenoxy) is 1. The molecule has 140 valence electrons. The molecule has 2 heterocycles. The number of aromatic nitrogens is 1. The molecular formula is C21H17ClN4OS. The Bertz CT molecular complexity index is 1110. The van der Waals surface area contributed by atoms with Gasteiger partial charge < -0.3 is 15.4 Å². The van der Waals surface area contributed by atoms with Crippen LogP contribution >= 0.6 is 22.9 Å². The maximum atomic E-state index is 9.70. The Morgan fingerprint density at radius 2 is 1.96 bits per heavy atom. The molecule has 4 rings (SSSR count). The molecule has 1 unspecified atom stereocenters. The van der Waals surface area contributed by atoms with Crippen LogP contribution in [0, 0.1) is 11.3 Å². The van der Waals surface area contributed by atoms with Crippen molar-refractivity contribution in [2.75, 3.05) is 19.0 Å². The normalized spacial score (nSPS) is 15.6. The number of benzene rings is 2. The highest BCUT2D eigenvalue weighted by Crippen LogP contribution is 2.44. The standard InChI is InChI=1S/C21H17ClN4OS/c1-26(2)14-7-8-15-18(9-14)27-20(24)16(10-23)19(15)17-11-28-21(25-17)12-3-5-13(22)6-4-12/h3-9,11,19H,24H2,1-2H3. The fraction of sp³-hybridized carbons (Fsp3) is 0.143. The van der Waals surface area contributed by atoms with E-state index < -0.39 is 0 Å². The summed E-state index contributed by atoms with van der Waals surface area (Å²) >= 11 is 7.50. The number of fused-ring (bicyclic) bond motifs is 1. The predicted octanol–water partition coefficient (Wildman–Crippen LogP) is 4.75. The summed E-state index contributed by atoms with van der Waals surface area (Å²) in [6.07, 6.45) is 0. The van der Waals surface area contributed by atoms with Gasteiger partial charge in [-0.05, 0) is 18.2 Å². The quantitative estimate of drug-likeness (QED) is 0.676. The largest absolute Gasteiger partial charge is 0.440 e. The van der Waals surface area contributed by atoms with E-state index in [1.54, 1.807) is 0 Å². The predicted molar refractivity (Wildman–Crippen MR) is 113 cm³/mol. The topological polar surface area (TPSA) is 75.2 Å². The third kappa shape index (κ3) is 3.19. The molecule has 0 aliphatic carbocycles. The summed E-state index contributed by atoms with van der Waals surface area (Å²) in [7, 11) is 3.92. The molecule has 0 radical (unpaired) electrons. The van der Waals surface area contributed by atoms with Gasteiger partial charge in [0.05, 0.1) is 11.6 Å². The van der Waals surface area contributed by atoms with Gasteiger partial charge in [-0.25, -0.2) is 4.98 Å². The summed E-state index contributed by atoms with van der Waals surface area (Å²) in [5, 5.41) is 13.2. The van der Waals surface area contributed by atoms with Crippen molar-refractivity contribution < 1.29 is 4.74 Å². The lowest BCUT2D eigenvalue weighted by atomic mass is 9.87. The highest BCUT2D eigenvalue weighted by molar-refractivity contribution is 7.13. The van der Waals surface area contributed by atoms with Gasteiger partial charge in [0, 0.05) is 47.4 Å². The Morgan fingerprint density at radius 1 is 1.21 bits per heavy atom. The van der Waals surface area contributed by atoms with Crippen molar-refractivity contribution >= 4 is 28.6 Å². The summed E-state index contributed by atoms with van der Waals surface area (Å²) in [5.74, 6) is 0.410. The van der Waals surface area contributed by atoms with E-state index in [1.165, 1.54) is 11.3 Å². The van der Waals surface area contributed by atoms with Gasteiger partial charge in [-0.3, -0.25) is 0 Å². The fourth-order valence-corrected chi connectivity index (χ4v) is 4.15. The number of thiazole rings is 1. The Hall–Kier alpha value is -3.01. The number of anilines is 1. The number of allylic oxidation sites excluding steroid dienone is 1. The first-order chi connectivity index (χ1) is 13.5. The molecule has 1 atom stereocenters. The highest BCUT2D eigenvalue weighted by Gasteiger charge is 2.32. The van der Waals surface area contributed by atoms with Crippen molar-refractivity contribution in [3.63, 3.8) is 0 Å². The van der Waals surface area contributed by atoms with Crippen molar-refractivity contribution in [3.8, 4) is 22.4 Å². The van der Waals surface area contributed by atoms with E-state index in [-0.39, 0.29) is 11.8 Å². The Balaban J connectivity index is 1.80. The lowest BCUT2D eigenvalue weighted by Gasteiger charge is -2.26. The second kappa shape index (κ2) is 7.19. The number of nitrogens with zero attached hydrogens (tertiary/aromatic N) is 3. The molecule has 1 aliphatic rings. The van der Waals surface area contributed by atoms with Gasteiger partial charge in [-0.15, -0.1) is 11.3 Å². The molecule has 3 aromatic rings. The van der Waals surface area contributed by atoms with E-state index in [1.807, 2.05) is 66.8 Å². The van der Waals surface area contributed by atoms with Gasteiger partial charge in [0.1, 0.15) is 22.4 Å². The van der Waals surface area contributed by atoms with Gasteiger partial charge in [0.25, 0.3) is 0 Å². The zero-order chi connectivity index (χ0) is 19.8. The second-order valence-corrected chi connectivity index (χ2v) is 7.92. The first-order valence-electron chi connectivity index (χ1n) is 8.58. The highest BCUT2D eigenvalue weighted by atomic mass is 35.5. The number of nitrogens with two attached hydrogens (primary N) is 1. The minimum absolute atomic E-state index is 0.122. The molecule has 0 saturated carbocycles. The van der Waals surface area contributed by atoms with Crippen LogP contribution in [0.1, 0.15) is 17.2 Å². The van der Waals surface area contributed by atoms with Crippen LogP contribution in [0.4, 0.5) is 5.69 Å². The molecule has 0 bridgehead atoms. The number of rotatable bonds is 3. The molecule has 1 aromatic heterocycles. The van der Waals surface area contributed by atoms with Crippen molar-refractivity contribution in [2.24, 2.45) is 5.73 Å². The molecular weight excluding hydrogens is 392 g/mol. The second-order valence-electron chi connectivity index (χ2n) is 6.63. The molecule has 2 N–H and O–H groups in total. The van der Waals surface area contributed by atoms with Gasteiger partial charge in [-0.1, -0.05) is 29.8 Å². The van der Waals surface area contributed by atoms with Crippen molar-refractivity contribution in [2.45, 2.75) is 5.92 Å². The third-order valence-corrected chi connectivity index (χ3v) is 5.79. The van der Waals surface area contributed by atoms with Crippen LogP contribution in [0.5, 0.6) is 5.75 Å². The van der Waals surface area contributed by atoms with Gasteiger partial charge in [0.2, 0.25) is 5.88 Å². The monoisotopic (exact) mass is 408 g/mol. The summed E-state index contributed by atoms with van der Waals surface area (Å²) in [6.45, 7) is 0. The molecule has 0 fully saturated rings. The molecule has 0 amide bonds. The van der Waals surface area contributed by atoms with E-state index in [0.717, 1.165) is 27.5 Å². The van der Waals surface area contributed by atoms with Gasteiger partial charge >= 0.3 is 0 Å². The lowest BCUT2D eigenvalue weighted by Crippen LogP contribution is -2.21. The smallest absolute Gasteiger partial charge is 0.205 e. The van der Waals surface area contributed by atoms with Gasteiger partial charge in [-0.2, -0.15) is 5.26 Å². The molecule has 5 nitrogen and oxygen atoms in total. The van der Waals surface area contributed by atoms with E-state index in [2.05, 4.69) is 6.07 Å². The average Bonchev–Trinajstić information content (AvgIpc) is 3.16. The number of nitriles is 1. The van der Waals surface area contributed by atoms with Crippen LogP contribution in [0.3, 0.4) is 0 Å². The van der Waals surface area contributed by atoms with E-state index in [9.17, 15) is 5.26 Å². The van der Waals surface area contributed by atoms with E-state index in [4.69, 9.17) is 27.1 Å². The molecule has 0 spiro atoms. The average molecular weight is 409 g/mol. The Labute approximate surface area is 172 Å². The van der Waals surface area contributed by atoms with Crippen LogP contribution in [0.2, 0.25) is 5.02 Å². The summed E-state index contributed by atoms with van der Waals surface area (Å²) in [6, 6.07) is 15.6. The molecule has 28 heavy (non-hydrogen) atoms. The van der Waals surface area contributed by atoms with Crippen molar-refractivity contribution in [1.82, 2.24) is 4.98 Å². The van der Waals surface area contributed by atoms with Crippen LogP contribution in [0.15, 0.2) is 59.3 Å². The first kappa shape index (κ1) is 18.4. The molecule has 2 aromatic carbocycles. The first-order valence-corrected chi connectivity index (χ1v) is 9.84. The number of halogens is 1. The van der Waals surface area contributed by atoms with Crippen molar-refractivity contribution in [3.05, 3.63) is 75.6 Å². The lowest BCUT2D eigenvalue weighted by molar-refractivity contribution is 0.393. The van der Waals surface area contributed by atoms with Crippen LogP contribution in [-0.4, -0.2) is 19.1 Å². The molecule has 7 heteroatoms. The summed E-state index contributed by atoms with van der Waals surface area (Å²) in [4.78, 5) is 6.78. The van der Waals surface area contributed by atoms with Crippen LogP contribution in [-0.2, 0) is 0 Å². The zero-order valence-electron chi connectivity index (χ0n) is 15.3. The Morgan fingerprint density at radius 3 is 2.64 bits per heavy atom. The van der Waals surface area contributed by atoms with Crippen LogP contribution in [0.25, 0.3) is 10.6 Å². The Kier molecular flexibility index (Phi) is 4.71. The minimum atomic E-state index is -0.359. The number of hydrogen-bond donors (Lipinski definition) is 1. The molecule has 1 aliphatic heterocycles. The maximum Gasteiger partial charge on any atom is 0.205 e.